The van der Waals surface area contributed by atoms with Gasteiger partial charge in [0.25, 0.3) is 5.91 Å². The van der Waals surface area contributed by atoms with Crippen molar-refractivity contribution in [2.75, 3.05) is 6.54 Å². The summed E-state index contributed by atoms with van der Waals surface area (Å²) in [4.78, 5) is 51.1. The number of benzene rings is 1. The Balaban J connectivity index is 1.92. The molecule has 8 nitrogen and oxygen atoms in total. The molecule has 1 N–H and O–H groups in total. The van der Waals surface area contributed by atoms with Crippen LogP contribution in [0.25, 0.3) is 0 Å². The molecule has 0 saturated carbocycles. The fourth-order valence-corrected chi connectivity index (χ4v) is 3.39. The lowest BCUT2D eigenvalue weighted by atomic mass is 9.89. The first kappa shape index (κ1) is 23.9. The van der Waals surface area contributed by atoms with Gasteiger partial charge in [0.05, 0.1) is 11.7 Å². The van der Waals surface area contributed by atoms with Crippen molar-refractivity contribution in [3.63, 3.8) is 0 Å². The first-order valence-electron chi connectivity index (χ1n) is 10.3. The number of rotatable bonds is 5. The Morgan fingerprint density at radius 3 is 2.67 bits per heavy atom. The molecule has 1 aromatic carbocycles. The van der Waals surface area contributed by atoms with E-state index in [0.717, 1.165) is 6.07 Å². The van der Waals surface area contributed by atoms with Gasteiger partial charge < -0.3 is 19.7 Å². The monoisotopic (exact) mass is 460 g/mol. The highest BCUT2D eigenvalue weighted by atomic mass is 19.1. The quantitative estimate of drug-likeness (QED) is 0.533. The lowest BCUT2D eigenvalue weighted by Gasteiger charge is -2.35. The summed E-state index contributed by atoms with van der Waals surface area (Å²) in [7, 11) is 0. The highest BCUT2D eigenvalue weighted by Crippen LogP contribution is 2.35. The van der Waals surface area contributed by atoms with Crippen molar-refractivity contribution in [3.05, 3.63) is 64.2 Å². The summed E-state index contributed by atoms with van der Waals surface area (Å²) in [6, 6.07) is 2.90. The van der Waals surface area contributed by atoms with Crippen LogP contribution in [0.5, 0.6) is 0 Å². The largest absolute Gasteiger partial charge is 0.514 e. The fraction of sp³-hybridized carbons (Fsp3) is 0.348. The van der Waals surface area contributed by atoms with E-state index in [1.807, 2.05) is 0 Å². The molecule has 33 heavy (non-hydrogen) atoms. The number of allylic oxidation sites excluding steroid dienone is 2. The van der Waals surface area contributed by atoms with Gasteiger partial charge in [-0.2, -0.15) is 0 Å². The van der Waals surface area contributed by atoms with Crippen LogP contribution in [0, 0.1) is 17.6 Å². The maximum atomic E-state index is 13.9. The van der Waals surface area contributed by atoms with E-state index in [9.17, 15) is 28.0 Å². The molecule has 0 spiro atoms. The van der Waals surface area contributed by atoms with Crippen LogP contribution in [0.1, 0.15) is 32.8 Å². The Kier molecular flexibility index (Phi) is 7.08. The zero-order chi connectivity index (χ0) is 24.3. The molecule has 1 unspecified atom stereocenters. The van der Waals surface area contributed by atoms with E-state index in [1.165, 1.54) is 17.2 Å². The molecule has 0 radical (unpaired) electrons. The Bertz CT molecular complexity index is 1120. The van der Waals surface area contributed by atoms with Crippen LogP contribution in [-0.4, -0.2) is 41.3 Å². The van der Waals surface area contributed by atoms with Gasteiger partial charge in [-0.1, -0.05) is 13.0 Å². The summed E-state index contributed by atoms with van der Waals surface area (Å²) < 4.78 is 37.2. The molecule has 1 saturated heterocycles. The van der Waals surface area contributed by atoms with Crippen LogP contribution in [-0.2, 0) is 30.4 Å². The molecule has 0 aromatic heterocycles. The second-order valence-electron chi connectivity index (χ2n) is 7.88. The first-order valence-corrected chi connectivity index (χ1v) is 10.3. The number of carbonyl (C=O) groups is 3. The van der Waals surface area contributed by atoms with Crippen LogP contribution < -0.4 is 5.32 Å². The summed E-state index contributed by atoms with van der Waals surface area (Å²) in [6.07, 6.45) is 0.0759. The second-order valence-corrected chi connectivity index (χ2v) is 7.88. The molecule has 2 aliphatic heterocycles. The lowest BCUT2D eigenvalue weighted by molar-refractivity contribution is -0.122. The molecule has 1 atom stereocenters. The van der Waals surface area contributed by atoms with Crippen molar-refractivity contribution < 1.29 is 37.4 Å². The van der Waals surface area contributed by atoms with Gasteiger partial charge >= 0.3 is 6.16 Å². The van der Waals surface area contributed by atoms with E-state index in [4.69, 9.17) is 9.47 Å². The molecule has 1 aromatic rings. The van der Waals surface area contributed by atoms with E-state index in [0.29, 0.717) is 19.0 Å². The van der Waals surface area contributed by atoms with Gasteiger partial charge in [-0.3, -0.25) is 9.59 Å². The van der Waals surface area contributed by atoms with Crippen molar-refractivity contribution in [1.29, 1.82) is 0 Å². The predicted molar refractivity (Wildman–Crippen MR) is 111 cm³/mol. The number of ether oxygens (including phenoxy) is 2. The van der Waals surface area contributed by atoms with Gasteiger partial charge in [0.2, 0.25) is 0 Å². The number of Topliss-reactive ketones (excluding diaryl/α,β-unsaturated/α-hetero) is 1. The fourth-order valence-electron chi connectivity index (χ4n) is 3.39. The van der Waals surface area contributed by atoms with E-state index in [1.54, 1.807) is 26.7 Å². The third kappa shape index (κ3) is 5.18. The molecule has 174 valence electrons. The number of halogens is 2. The highest BCUT2D eigenvalue weighted by Gasteiger charge is 2.40. The van der Waals surface area contributed by atoms with Crippen molar-refractivity contribution in [2.24, 2.45) is 5.92 Å². The molecule has 3 rings (SSSR count). The summed E-state index contributed by atoms with van der Waals surface area (Å²) in [5, 5.41) is 2.44. The number of nitrogens with zero attached hydrogens (tertiary/aromatic N) is 1. The van der Waals surface area contributed by atoms with Crippen LogP contribution in [0.2, 0.25) is 0 Å². The zero-order valence-electron chi connectivity index (χ0n) is 18.2. The second kappa shape index (κ2) is 9.79. The summed E-state index contributed by atoms with van der Waals surface area (Å²) in [6.45, 7) is 4.90. The average molecular weight is 460 g/mol. The topological polar surface area (TPSA) is 102 Å². The van der Waals surface area contributed by atoms with Crippen LogP contribution in [0.15, 0.2) is 47.0 Å². The molecule has 1 amide bonds. The first-order chi connectivity index (χ1) is 15.6. The minimum atomic E-state index is -1.15. The van der Waals surface area contributed by atoms with Crippen molar-refractivity contribution >= 4 is 23.8 Å². The third-order valence-corrected chi connectivity index (χ3v) is 5.09. The summed E-state index contributed by atoms with van der Waals surface area (Å²) >= 11 is 0. The molecule has 10 heteroatoms. The van der Waals surface area contributed by atoms with Gasteiger partial charge in [0.15, 0.2) is 11.5 Å². The van der Waals surface area contributed by atoms with E-state index < -0.39 is 47.1 Å². The normalized spacial score (nSPS) is 17.9. The number of nitrogens with one attached hydrogen (secondary N) is 1. The number of hydrogen-bond acceptors (Lipinski definition) is 7. The van der Waals surface area contributed by atoms with E-state index >= 15 is 0 Å². The molecule has 0 aliphatic carbocycles. The number of fused-ring (bicyclic) bond motifs is 1. The van der Waals surface area contributed by atoms with Gasteiger partial charge in [-0.25, -0.2) is 18.4 Å². The Morgan fingerprint density at radius 2 is 2.03 bits per heavy atom. The zero-order valence-corrected chi connectivity index (χ0v) is 18.2. The van der Waals surface area contributed by atoms with Gasteiger partial charge in [0.1, 0.15) is 28.8 Å². The number of piperidine rings is 1. The third-order valence-electron chi connectivity index (χ3n) is 5.09. The molecular formula is C23H22F2N2O6. The van der Waals surface area contributed by atoms with Crippen molar-refractivity contribution in [1.82, 2.24) is 10.2 Å². The number of amides is 1. The summed E-state index contributed by atoms with van der Waals surface area (Å²) in [5.74, 6) is -2.03. The predicted octanol–water partition coefficient (Wildman–Crippen LogP) is 2.92. The van der Waals surface area contributed by atoms with Gasteiger partial charge in [0, 0.05) is 36.8 Å². The van der Waals surface area contributed by atoms with E-state index in [-0.39, 0.29) is 29.2 Å². The molecule has 2 heterocycles. The van der Waals surface area contributed by atoms with Crippen molar-refractivity contribution in [3.8, 4) is 0 Å². The van der Waals surface area contributed by atoms with Crippen LogP contribution >= 0.6 is 0 Å². The minimum absolute atomic E-state index is 0.0213. The average Bonchev–Trinajstić information content (AvgIpc) is 2.74. The van der Waals surface area contributed by atoms with Gasteiger partial charge in [-0.15, -0.1) is 0 Å². The maximum absolute atomic E-state index is 13.9. The Morgan fingerprint density at radius 1 is 1.30 bits per heavy atom. The Hall–Kier alpha value is -3.78. The number of hydrogen-bond donors (Lipinski definition) is 1. The lowest BCUT2D eigenvalue weighted by Crippen LogP contribution is -2.40. The van der Waals surface area contributed by atoms with Gasteiger partial charge in [-0.05, 0) is 26.3 Å². The molecule has 0 bridgehead atoms. The highest BCUT2D eigenvalue weighted by molar-refractivity contribution is 6.06. The molecular weight excluding hydrogens is 438 g/mol. The molecule has 2 aliphatic rings. The standard InChI is InChI=1S/C23H22F2N2O6/c1-12(2)32-23(31)33-21-17(11-28)16(10-27-7-6-13(3)20(29)19(21)27)22(30)26-9-14-4-5-15(24)8-18(14)25/h4-5,8,10,12-13H,6-7,9H2,1-3H3,(H,26,30). The number of carbonyl (C=O) groups excluding carboxylic acids is 4. The number of ketones is 1. The SMILES string of the molecule is CC(C)OC(=O)OC1=C2C(=O)C(C)CCN2C=C(C(=O)NCc2ccc(F)cc2F)C1=C=O. The Labute approximate surface area is 188 Å². The van der Waals surface area contributed by atoms with Crippen molar-refractivity contribution in [2.45, 2.75) is 39.8 Å². The van der Waals surface area contributed by atoms with Crippen LogP contribution in [0.4, 0.5) is 13.6 Å². The summed E-state index contributed by atoms with van der Waals surface area (Å²) in [5.41, 5.74) is -0.700. The molecule has 1 fully saturated rings. The van der Waals surface area contributed by atoms with Crippen LogP contribution in [0.3, 0.4) is 0 Å². The smallest absolute Gasteiger partial charge is 0.431 e. The minimum Gasteiger partial charge on any atom is -0.431 e. The maximum Gasteiger partial charge on any atom is 0.514 e. The van der Waals surface area contributed by atoms with E-state index in [2.05, 4.69) is 5.32 Å².